The molecule has 1 aliphatic heterocycles. The maximum Gasteiger partial charge on any atom is 0.338 e. The molecular formula is C22H26N2O5. The quantitative estimate of drug-likeness (QED) is 0.757. The summed E-state index contributed by atoms with van der Waals surface area (Å²) in [6.07, 6.45) is 0. The molecule has 0 saturated carbocycles. The second kappa shape index (κ2) is 8.82. The topological polar surface area (TPSA) is 112 Å². The number of hydrogen-bond acceptors (Lipinski definition) is 7. The number of allylic oxidation sites excluding steroid dienone is 2. The van der Waals surface area contributed by atoms with E-state index in [2.05, 4.69) is 6.07 Å². The lowest BCUT2D eigenvalue weighted by Gasteiger charge is -2.30. The Bertz CT molecular complexity index is 966. The first-order valence-corrected chi connectivity index (χ1v) is 9.32. The van der Waals surface area contributed by atoms with E-state index in [1.807, 2.05) is 26.8 Å². The molecule has 1 heterocycles. The number of aryl methyl sites for hydroxylation is 2. The molecule has 0 radical (unpaired) electrons. The first kappa shape index (κ1) is 22.0. The SMILES string of the molecule is CCOC(=O)C1=C(C)OC(N)=C(C#N)[C@H]1c1c(C)cc(C)c(COC(C)=O)c1C. The van der Waals surface area contributed by atoms with E-state index in [0.717, 1.165) is 27.8 Å². The molecule has 0 aromatic heterocycles. The molecule has 0 unspecified atom stereocenters. The van der Waals surface area contributed by atoms with E-state index in [1.54, 1.807) is 13.8 Å². The standard InChI is InChI=1S/C22H26N2O5/c1-7-27-22(26)19-14(5)29-21(24)16(9-23)20(19)18-12(3)8-11(2)17(13(18)4)10-28-15(6)25/h8,20H,7,10,24H2,1-6H3/t20-/m0/s1. The molecule has 1 atom stereocenters. The van der Waals surface area contributed by atoms with Gasteiger partial charge in [-0.1, -0.05) is 6.07 Å². The summed E-state index contributed by atoms with van der Waals surface area (Å²) >= 11 is 0. The highest BCUT2D eigenvalue weighted by molar-refractivity contribution is 5.93. The number of benzene rings is 1. The minimum absolute atomic E-state index is 0.0380. The van der Waals surface area contributed by atoms with Crippen molar-refractivity contribution >= 4 is 11.9 Å². The van der Waals surface area contributed by atoms with Crippen LogP contribution in [0.25, 0.3) is 0 Å². The predicted octanol–water partition coefficient (Wildman–Crippen LogP) is 3.32. The van der Waals surface area contributed by atoms with Gasteiger partial charge in [0.15, 0.2) is 0 Å². The third-order valence-electron chi connectivity index (χ3n) is 5.00. The van der Waals surface area contributed by atoms with Crippen LogP contribution in [-0.4, -0.2) is 18.5 Å². The van der Waals surface area contributed by atoms with E-state index >= 15 is 0 Å². The van der Waals surface area contributed by atoms with Crippen LogP contribution in [-0.2, 0) is 30.4 Å². The lowest BCUT2D eigenvalue weighted by Crippen LogP contribution is -2.27. The van der Waals surface area contributed by atoms with E-state index in [-0.39, 0.29) is 36.2 Å². The minimum atomic E-state index is -0.732. The van der Waals surface area contributed by atoms with Crippen molar-refractivity contribution in [3.8, 4) is 6.07 Å². The van der Waals surface area contributed by atoms with Gasteiger partial charge in [0.25, 0.3) is 0 Å². The second-order valence-electron chi connectivity index (χ2n) is 6.92. The van der Waals surface area contributed by atoms with Crippen molar-refractivity contribution in [1.29, 1.82) is 5.26 Å². The molecule has 0 fully saturated rings. The summed E-state index contributed by atoms with van der Waals surface area (Å²) in [5.74, 6) is -1.42. The smallest absolute Gasteiger partial charge is 0.338 e. The number of nitrogens with zero attached hydrogens (tertiary/aromatic N) is 1. The number of nitrogens with two attached hydrogens (primary N) is 1. The summed E-state index contributed by atoms with van der Waals surface area (Å²) in [5.41, 5.74) is 10.6. The van der Waals surface area contributed by atoms with Crippen LogP contribution in [0.1, 0.15) is 54.5 Å². The van der Waals surface area contributed by atoms with Crippen molar-refractivity contribution in [2.75, 3.05) is 6.61 Å². The molecule has 0 amide bonds. The Kier molecular flexibility index (Phi) is 6.70. The van der Waals surface area contributed by atoms with E-state index < -0.39 is 11.9 Å². The van der Waals surface area contributed by atoms with Gasteiger partial charge in [0, 0.05) is 6.92 Å². The Morgan fingerprint density at radius 3 is 2.41 bits per heavy atom. The molecular weight excluding hydrogens is 372 g/mol. The maximum absolute atomic E-state index is 12.7. The number of rotatable bonds is 5. The molecule has 2 rings (SSSR count). The maximum atomic E-state index is 12.7. The van der Waals surface area contributed by atoms with E-state index in [9.17, 15) is 14.9 Å². The molecule has 7 heteroatoms. The zero-order valence-corrected chi connectivity index (χ0v) is 17.6. The zero-order valence-electron chi connectivity index (χ0n) is 17.6. The highest BCUT2D eigenvalue weighted by Gasteiger charge is 2.38. The van der Waals surface area contributed by atoms with Crippen LogP contribution in [0.15, 0.2) is 28.9 Å². The van der Waals surface area contributed by atoms with Crippen LogP contribution in [0.4, 0.5) is 0 Å². The first-order valence-electron chi connectivity index (χ1n) is 9.32. The van der Waals surface area contributed by atoms with Gasteiger partial charge in [0.1, 0.15) is 24.0 Å². The second-order valence-corrected chi connectivity index (χ2v) is 6.92. The van der Waals surface area contributed by atoms with Crippen molar-refractivity contribution < 1.29 is 23.8 Å². The molecule has 0 spiro atoms. The fourth-order valence-electron chi connectivity index (χ4n) is 3.73. The fraction of sp³-hybridized carbons (Fsp3) is 0.409. The molecule has 29 heavy (non-hydrogen) atoms. The summed E-state index contributed by atoms with van der Waals surface area (Å²) in [6.45, 7) is 10.7. The van der Waals surface area contributed by atoms with Crippen LogP contribution in [0, 0.1) is 32.1 Å². The number of carbonyl (C=O) groups is 2. The van der Waals surface area contributed by atoms with Crippen molar-refractivity contribution in [3.63, 3.8) is 0 Å². The van der Waals surface area contributed by atoms with Gasteiger partial charge in [-0.3, -0.25) is 4.79 Å². The summed E-state index contributed by atoms with van der Waals surface area (Å²) in [7, 11) is 0. The normalized spacial score (nSPS) is 16.2. The Hall–Kier alpha value is -3.27. The van der Waals surface area contributed by atoms with Gasteiger partial charge in [0.05, 0.1) is 18.1 Å². The molecule has 0 aliphatic carbocycles. The Balaban J connectivity index is 2.77. The van der Waals surface area contributed by atoms with E-state index in [1.165, 1.54) is 6.92 Å². The number of ether oxygens (including phenoxy) is 3. The number of carbonyl (C=O) groups excluding carboxylic acids is 2. The minimum Gasteiger partial charge on any atom is -0.463 e. The van der Waals surface area contributed by atoms with Crippen molar-refractivity contribution in [2.24, 2.45) is 5.73 Å². The Morgan fingerprint density at radius 1 is 1.21 bits per heavy atom. The highest BCUT2D eigenvalue weighted by Crippen LogP contribution is 2.43. The van der Waals surface area contributed by atoms with Gasteiger partial charge >= 0.3 is 11.9 Å². The van der Waals surface area contributed by atoms with Crippen molar-refractivity contribution in [1.82, 2.24) is 0 Å². The molecule has 154 valence electrons. The Labute approximate surface area is 170 Å². The molecule has 1 aromatic carbocycles. The van der Waals surface area contributed by atoms with Gasteiger partial charge < -0.3 is 19.9 Å². The summed E-state index contributed by atoms with van der Waals surface area (Å²) < 4.78 is 15.9. The average molecular weight is 398 g/mol. The molecule has 1 aliphatic rings. The molecule has 7 nitrogen and oxygen atoms in total. The molecule has 0 bridgehead atoms. The van der Waals surface area contributed by atoms with Crippen molar-refractivity contribution in [3.05, 3.63) is 56.7 Å². The van der Waals surface area contributed by atoms with Crippen molar-refractivity contribution in [2.45, 2.75) is 54.1 Å². The van der Waals surface area contributed by atoms with Gasteiger partial charge in [-0.05, 0) is 62.4 Å². The summed E-state index contributed by atoms with van der Waals surface area (Å²) in [4.78, 5) is 24.1. The monoisotopic (exact) mass is 398 g/mol. The van der Waals surface area contributed by atoms with Crippen LogP contribution < -0.4 is 5.73 Å². The first-order chi connectivity index (χ1) is 13.6. The third kappa shape index (κ3) is 4.27. The van der Waals surface area contributed by atoms with Gasteiger partial charge in [-0.15, -0.1) is 0 Å². The van der Waals surface area contributed by atoms with E-state index in [4.69, 9.17) is 19.9 Å². The molecule has 2 N–H and O–H groups in total. The highest BCUT2D eigenvalue weighted by atomic mass is 16.5. The van der Waals surface area contributed by atoms with Crippen LogP contribution in [0.5, 0.6) is 0 Å². The summed E-state index contributed by atoms with van der Waals surface area (Å²) in [6, 6.07) is 4.04. The average Bonchev–Trinajstić information content (AvgIpc) is 2.61. The number of nitriles is 1. The third-order valence-corrected chi connectivity index (χ3v) is 5.00. The fourth-order valence-corrected chi connectivity index (χ4v) is 3.73. The van der Waals surface area contributed by atoms with Gasteiger partial charge in [-0.2, -0.15) is 5.26 Å². The van der Waals surface area contributed by atoms with Crippen LogP contribution >= 0.6 is 0 Å². The van der Waals surface area contributed by atoms with Gasteiger partial charge in [-0.25, -0.2) is 4.79 Å². The predicted molar refractivity (Wildman–Crippen MR) is 106 cm³/mol. The van der Waals surface area contributed by atoms with Crippen LogP contribution in [0.2, 0.25) is 0 Å². The summed E-state index contributed by atoms with van der Waals surface area (Å²) in [5, 5.41) is 9.78. The lowest BCUT2D eigenvalue weighted by atomic mass is 9.77. The van der Waals surface area contributed by atoms with Crippen LogP contribution in [0.3, 0.4) is 0 Å². The van der Waals surface area contributed by atoms with E-state index in [0.29, 0.717) is 5.76 Å². The molecule has 0 saturated heterocycles. The zero-order chi connectivity index (χ0) is 21.9. The molecule has 1 aromatic rings. The number of esters is 2. The number of hydrogen-bond donors (Lipinski definition) is 1. The largest absolute Gasteiger partial charge is 0.463 e. The lowest BCUT2D eigenvalue weighted by molar-refractivity contribution is -0.142. The Morgan fingerprint density at radius 2 is 1.86 bits per heavy atom. The van der Waals surface area contributed by atoms with Gasteiger partial charge in [0.2, 0.25) is 5.88 Å².